The van der Waals surface area contributed by atoms with Crippen LogP contribution in [0.15, 0.2) is 48.5 Å². The molecule has 3 nitrogen and oxygen atoms in total. The van der Waals surface area contributed by atoms with Gasteiger partial charge in [0.15, 0.2) is 0 Å². The highest BCUT2D eigenvalue weighted by Crippen LogP contribution is 2.24. The minimum Gasteiger partial charge on any atom is -0.391 e. The summed E-state index contributed by atoms with van der Waals surface area (Å²) in [7, 11) is 0. The van der Waals surface area contributed by atoms with Crippen LogP contribution in [0.2, 0.25) is 5.02 Å². The highest BCUT2D eigenvalue weighted by molar-refractivity contribution is 6.30. The number of nitriles is 1. The molecule has 23 heavy (non-hydrogen) atoms. The molecule has 0 aliphatic carbocycles. The van der Waals surface area contributed by atoms with Gasteiger partial charge in [-0.15, -0.1) is 24.0 Å². The zero-order valence-electron chi connectivity index (χ0n) is 12.2. The third-order valence-electron chi connectivity index (χ3n) is 3.29. The first-order valence-corrected chi connectivity index (χ1v) is 7.78. The standard InChI is InChI=1S/C17H16Cl2N2O.ClH/c18-9-16(22)11-21-17(13-4-6-15(19)7-5-13)14-3-1-2-12(8-14)10-20;/h1-8,16-17,21-22H,9,11H2;1H. The maximum Gasteiger partial charge on any atom is 0.0991 e. The van der Waals surface area contributed by atoms with Crippen molar-refractivity contribution in [1.29, 1.82) is 5.26 Å². The van der Waals surface area contributed by atoms with E-state index in [9.17, 15) is 5.11 Å². The molecule has 0 aliphatic rings. The molecule has 2 rings (SSSR count). The van der Waals surface area contributed by atoms with Gasteiger partial charge in [-0.25, -0.2) is 0 Å². The fourth-order valence-corrected chi connectivity index (χ4v) is 2.41. The molecule has 0 bridgehead atoms. The Morgan fingerprint density at radius 3 is 2.43 bits per heavy atom. The van der Waals surface area contributed by atoms with Crippen LogP contribution in [-0.4, -0.2) is 23.6 Å². The number of nitrogens with zero attached hydrogens (tertiary/aromatic N) is 1. The summed E-state index contributed by atoms with van der Waals surface area (Å²) in [4.78, 5) is 0. The molecule has 0 amide bonds. The summed E-state index contributed by atoms with van der Waals surface area (Å²) in [6, 6.07) is 16.9. The Morgan fingerprint density at radius 2 is 1.83 bits per heavy atom. The minimum atomic E-state index is -0.629. The van der Waals surface area contributed by atoms with Crippen LogP contribution in [0, 0.1) is 11.3 Å². The molecule has 0 saturated heterocycles. The monoisotopic (exact) mass is 370 g/mol. The molecule has 2 aromatic rings. The van der Waals surface area contributed by atoms with E-state index in [-0.39, 0.29) is 24.3 Å². The van der Waals surface area contributed by atoms with Gasteiger partial charge in [0.2, 0.25) is 0 Å². The quantitative estimate of drug-likeness (QED) is 0.757. The van der Waals surface area contributed by atoms with Crippen LogP contribution in [0.4, 0.5) is 0 Å². The lowest BCUT2D eigenvalue weighted by Gasteiger charge is -2.21. The lowest BCUT2D eigenvalue weighted by molar-refractivity contribution is 0.191. The Morgan fingerprint density at radius 1 is 1.13 bits per heavy atom. The topological polar surface area (TPSA) is 56.0 Å². The summed E-state index contributed by atoms with van der Waals surface area (Å²) in [5.41, 5.74) is 2.54. The summed E-state index contributed by atoms with van der Waals surface area (Å²) in [6.07, 6.45) is -0.629. The maximum atomic E-state index is 9.68. The SMILES string of the molecule is Cl.N#Cc1cccc(C(NCC(O)CCl)c2ccc(Cl)cc2)c1. The van der Waals surface area contributed by atoms with Gasteiger partial charge < -0.3 is 10.4 Å². The van der Waals surface area contributed by atoms with E-state index in [0.29, 0.717) is 17.1 Å². The number of rotatable bonds is 6. The van der Waals surface area contributed by atoms with Gasteiger partial charge in [-0.05, 0) is 35.4 Å². The lowest BCUT2D eigenvalue weighted by Crippen LogP contribution is -2.32. The molecule has 0 radical (unpaired) electrons. The molecule has 0 saturated carbocycles. The van der Waals surface area contributed by atoms with Gasteiger partial charge in [-0.2, -0.15) is 5.26 Å². The molecule has 2 aromatic carbocycles. The molecule has 2 N–H and O–H groups in total. The van der Waals surface area contributed by atoms with Gasteiger partial charge in [0.05, 0.1) is 23.8 Å². The van der Waals surface area contributed by atoms with Crippen LogP contribution in [-0.2, 0) is 0 Å². The Labute approximate surface area is 152 Å². The average Bonchev–Trinajstić information content (AvgIpc) is 2.56. The highest BCUT2D eigenvalue weighted by Gasteiger charge is 2.15. The largest absolute Gasteiger partial charge is 0.391 e. The van der Waals surface area contributed by atoms with Crippen molar-refractivity contribution in [3.63, 3.8) is 0 Å². The number of nitrogens with one attached hydrogen (secondary N) is 1. The van der Waals surface area contributed by atoms with Crippen LogP contribution >= 0.6 is 35.6 Å². The van der Waals surface area contributed by atoms with E-state index in [1.54, 1.807) is 6.07 Å². The summed E-state index contributed by atoms with van der Waals surface area (Å²) in [6.45, 7) is 0.355. The summed E-state index contributed by atoms with van der Waals surface area (Å²) in [5, 5.41) is 22.7. The molecule has 6 heteroatoms. The molecule has 0 spiro atoms. The van der Waals surface area contributed by atoms with Gasteiger partial charge >= 0.3 is 0 Å². The molecule has 0 heterocycles. The number of aliphatic hydroxyl groups excluding tert-OH is 1. The normalized spacial score (nSPS) is 12.8. The summed E-state index contributed by atoms with van der Waals surface area (Å²) in [5.74, 6) is 0.165. The van der Waals surface area contributed by atoms with Crippen molar-refractivity contribution in [2.45, 2.75) is 12.1 Å². The second-order valence-corrected chi connectivity index (χ2v) is 5.68. The third kappa shape index (κ3) is 5.69. The fraction of sp³-hybridized carbons (Fsp3) is 0.235. The van der Waals surface area contributed by atoms with E-state index in [2.05, 4.69) is 11.4 Å². The molecule has 122 valence electrons. The number of hydrogen-bond acceptors (Lipinski definition) is 3. The molecular weight excluding hydrogens is 355 g/mol. The third-order valence-corrected chi connectivity index (χ3v) is 3.90. The summed E-state index contributed by atoms with van der Waals surface area (Å²) < 4.78 is 0. The predicted molar refractivity (Wildman–Crippen MR) is 96.4 cm³/mol. The van der Waals surface area contributed by atoms with Crippen molar-refractivity contribution < 1.29 is 5.11 Å². The number of benzene rings is 2. The van der Waals surface area contributed by atoms with Crippen LogP contribution in [0.5, 0.6) is 0 Å². The van der Waals surface area contributed by atoms with Crippen molar-refractivity contribution >= 4 is 35.6 Å². The zero-order chi connectivity index (χ0) is 15.9. The Bertz CT molecular complexity index is 656. The smallest absolute Gasteiger partial charge is 0.0991 e. The van der Waals surface area contributed by atoms with Crippen molar-refractivity contribution in [2.24, 2.45) is 0 Å². The van der Waals surface area contributed by atoms with Gasteiger partial charge in [0, 0.05) is 17.4 Å². The zero-order valence-corrected chi connectivity index (χ0v) is 14.6. The van der Waals surface area contributed by atoms with Crippen LogP contribution in [0.1, 0.15) is 22.7 Å². The first-order valence-electron chi connectivity index (χ1n) is 6.87. The molecule has 2 unspecified atom stereocenters. The first kappa shape index (κ1) is 19.8. The second-order valence-electron chi connectivity index (χ2n) is 4.94. The Kier molecular flexibility index (Phi) is 8.40. The molecule has 0 aliphatic heterocycles. The fourth-order valence-electron chi connectivity index (χ4n) is 2.18. The second kappa shape index (κ2) is 9.77. The Balaban J connectivity index is 0.00000264. The van der Waals surface area contributed by atoms with Crippen molar-refractivity contribution in [3.8, 4) is 6.07 Å². The number of aliphatic hydroxyl groups is 1. The average molecular weight is 372 g/mol. The predicted octanol–water partition coefficient (Wildman–Crippen LogP) is 3.91. The number of alkyl halides is 1. The van der Waals surface area contributed by atoms with Crippen LogP contribution in [0.3, 0.4) is 0 Å². The Hall–Kier alpha value is -1.28. The van der Waals surface area contributed by atoms with E-state index in [1.807, 2.05) is 42.5 Å². The van der Waals surface area contributed by atoms with Crippen molar-refractivity contribution in [2.75, 3.05) is 12.4 Å². The maximum absolute atomic E-state index is 9.68. The van der Waals surface area contributed by atoms with E-state index >= 15 is 0 Å². The molecule has 2 atom stereocenters. The number of hydrogen-bond donors (Lipinski definition) is 2. The van der Waals surface area contributed by atoms with E-state index in [1.165, 1.54) is 0 Å². The van der Waals surface area contributed by atoms with Gasteiger partial charge in [0.1, 0.15) is 0 Å². The van der Waals surface area contributed by atoms with Crippen LogP contribution in [0.25, 0.3) is 0 Å². The first-order chi connectivity index (χ1) is 10.6. The lowest BCUT2D eigenvalue weighted by atomic mass is 9.97. The number of halogens is 3. The summed E-state index contributed by atoms with van der Waals surface area (Å²) >= 11 is 11.6. The van der Waals surface area contributed by atoms with Crippen molar-refractivity contribution in [1.82, 2.24) is 5.32 Å². The van der Waals surface area contributed by atoms with E-state index < -0.39 is 6.10 Å². The van der Waals surface area contributed by atoms with Gasteiger partial charge in [-0.1, -0.05) is 35.9 Å². The molecule has 0 aromatic heterocycles. The molecule has 0 fully saturated rings. The van der Waals surface area contributed by atoms with E-state index in [0.717, 1.165) is 11.1 Å². The minimum absolute atomic E-state index is 0. The van der Waals surface area contributed by atoms with Gasteiger partial charge in [-0.3, -0.25) is 0 Å². The molecular formula is C17H17Cl3N2O. The van der Waals surface area contributed by atoms with Gasteiger partial charge in [0.25, 0.3) is 0 Å². The highest BCUT2D eigenvalue weighted by atomic mass is 35.5. The van der Waals surface area contributed by atoms with Crippen molar-refractivity contribution in [3.05, 3.63) is 70.2 Å². The van der Waals surface area contributed by atoms with Crippen LogP contribution < -0.4 is 5.32 Å². The van der Waals surface area contributed by atoms with E-state index in [4.69, 9.17) is 28.5 Å².